The third kappa shape index (κ3) is 1.36. The minimum atomic E-state index is 0.257. The van der Waals surface area contributed by atoms with Crippen molar-refractivity contribution in [2.75, 3.05) is 0 Å². The number of benzene rings is 1. The number of carbonyl (C=O) groups excluding carboxylic acids is 1. The Balaban J connectivity index is 1.97. The lowest BCUT2D eigenvalue weighted by atomic mass is 9.99. The van der Waals surface area contributed by atoms with E-state index in [1.54, 1.807) is 0 Å². The molecule has 2 heteroatoms. The number of rotatable bonds is 2. The van der Waals surface area contributed by atoms with E-state index in [-0.39, 0.29) is 12.0 Å². The number of fused-ring (bicyclic) bond motifs is 1. The molecule has 3 unspecified atom stereocenters. The van der Waals surface area contributed by atoms with Gasteiger partial charge in [-0.1, -0.05) is 12.1 Å². The maximum absolute atomic E-state index is 10.7. The largest absolute Gasteiger partial charge is 0.490 e. The summed E-state index contributed by atoms with van der Waals surface area (Å²) in [6, 6.07) is 6.21. The minimum Gasteiger partial charge on any atom is -0.490 e. The summed E-state index contributed by atoms with van der Waals surface area (Å²) in [5.74, 6) is 1.75. The van der Waals surface area contributed by atoms with Crippen molar-refractivity contribution in [3.05, 3.63) is 29.3 Å². The van der Waals surface area contributed by atoms with Crippen LogP contribution < -0.4 is 4.74 Å². The lowest BCUT2D eigenvalue weighted by Crippen LogP contribution is -2.05. The summed E-state index contributed by atoms with van der Waals surface area (Å²) in [6.07, 6.45) is 3.39. The molecule has 1 aliphatic carbocycles. The van der Waals surface area contributed by atoms with Crippen LogP contribution in [0.25, 0.3) is 0 Å². The highest BCUT2D eigenvalue weighted by atomic mass is 16.5. The van der Waals surface area contributed by atoms with E-state index >= 15 is 0 Å². The van der Waals surface area contributed by atoms with Crippen LogP contribution in [-0.2, 0) is 11.2 Å². The predicted octanol–water partition coefficient (Wildman–Crippen LogP) is 2.31. The molecule has 1 fully saturated rings. The zero-order valence-corrected chi connectivity index (χ0v) is 8.77. The van der Waals surface area contributed by atoms with E-state index in [4.69, 9.17) is 4.74 Å². The van der Waals surface area contributed by atoms with Crippen LogP contribution >= 0.6 is 0 Å². The van der Waals surface area contributed by atoms with Gasteiger partial charge in [0.15, 0.2) is 0 Å². The van der Waals surface area contributed by atoms with Gasteiger partial charge in [-0.15, -0.1) is 0 Å². The lowest BCUT2D eigenvalue weighted by Gasteiger charge is -2.04. The molecular formula is C13H14O2. The van der Waals surface area contributed by atoms with E-state index in [9.17, 15) is 4.79 Å². The Labute approximate surface area is 89.2 Å². The van der Waals surface area contributed by atoms with Gasteiger partial charge in [-0.25, -0.2) is 0 Å². The van der Waals surface area contributed by atoms with E-state index in [2.05, 4.69) is 13.0 Å². The first-order valence-electron chi connectivity index (χ1n) is 5.53. The van der Waals surface area contributed by atoms with Crippen molar-refractivity contribution in [3.63, 3.8) is 0 Å². The Morgan fingerprint density at radius 3 is 3.07 bits per heavy atom. The van der Waals surface area contributed by atoms with Crippen LogP contribution in [0.2, 0.25) is 0 Å². The molecule has 15 heavy (non-hydrogen) atoms. The predicted molar refractivity (Wildman–Crippen MR) is 57.1 cm³/mol. The topological polar surface area (TPSA) is 26.3 Å². The fourth-order valence-electron chi connectivity index (χ4n) is 2.53. The second-order valence-corrected chi connectivity index (χ2v) is 4.60. The smallest absolute Gasteiger partial charge is 0.123 e. The molecule has 0 amide bonds. The second-order valence-electron chi connectivity index (χ2n) is 4.60. The van der Waals surface area contributed by atoms with E-state index in [0.29, 0.717) is 5.92 Å². The third-order valence-electron chi connectivity index (χ3n) is 3.40. The number of ether oxygens (including phenoxy) is 1. The van der Waals surface area contributed by atoms with Crippen molar-refractivity contribution in [3.8, 4) is 5.75 Å². The maximum Gasteiger partial charge on any atom is 0.123 e. The maximum atomic E-state index is 10.7. The minimum absolute atomic E-state index is 0.257. The van der Waals surface area contributed by atoms with Crippen LogP contribution in [0.15, 0.2) is 18.2 Å². The van der Waals surface area contributed by atoms with Crippen molar-refractivity contribution in [2.24, 2.45) is 5.92 Å². The van der Waals surface area contributed by atoms with E-state index in [1.807, 2.05) is 12.1 Å². The third-order valence-corrected chi connectivity index (χ3v) is 3.40. The molecule has 0 bridgehead atoms. The normalized spacial score (nSPS) is 31.9. The monoisotopic (exact) mass is 202 g/mol. The summed E-state index contributed by atoms with van der Waals surface area (Å²) in [5.41, 5.74) is 2.67. The fourth-order valence-corrected chi connectivity index (χ4v) is 2.53. The average Bonchev–Trinajstić information content (AvgIpc) is 2.91. The molecule has 3 rings (SSSR count). The molecule has 0 spiro atoms. The van der Waals surface area contributed by atoms with Crippen molar-refractivity contribution >= 4 is 6.29 Å². The second kappa shape index (κ2) is 3.09. The number of hydrogen-bond donors (Lipinski definition) is 0. The Morgan fingerprint density at radius 1 is 1.47 bits per heavy atom. The molecule has 0 saturated heterocycles. The zero-order valence-electron chi connectivity index (χ0n) is 8.77. The number of aldehydes is 1. The average molecular weight is 202 g/mol. The van der Waals surface area contributed by atoms with Crippen LogP contribution in [0.3, 0.4) is 0 Å². The van der Waals surface area contributed by atoms with Crippen LogP contribution in [0.4, 0.5) is 0 Å². The van der Waals surface area contributed by atoms with Crippen molar-refractivity contribution < 1.29 is 9.53 Å². The summed E-state index contributed by atoms with van der Waals surface area (Å²) in [7, 11) is 0. The molecule has 0 N–H and O–H groups in total. The number of carbonyl (C=O) groups is 1. The van der Waals surface area contributed by atoms with Gasteiger partial charge >= 0.3 is 0 Å². The van der Waals surface area contributed by atoms with Gasteiger partial charge in [-0.05, 0) is 30.9 Å². The standard InChI is InChI=1S/C13H14O2/c1-8-5-12-10(11-6-9(11)7-14)3-2-4-13(12)15-8/h2-4,7-9,11H,5-6H2,1H3. The first-order chi connectivity index (χ1) is 7.29. The van der Waals surface area contributed by atoms with Crippen molar-refractivity contribution in [2.45, 2.75) is 31.8 Å². The van der Waals surface area contributed by atoms with Gasteiger partial charge in [0.05, 0.1) is 0 Å². The Bertz CT molecular complexity index is 411. The first kappa shape index (κ1) is 8.96. The lowest BCUT2D eigenvalue weighted by molar-refractivity contribution is -0.108. The molecule has 1 saturated carbocycles. The SMILES string of the molecule is CC1Cc2c(cccc2C2CC2C=O)O1. The molecule has 3 atom stereocenters. The van der Waals surface area contributed by atoms with E-state index < -0.39 is 0 Å². The highest BCUT2D eigenvalue weighted by Gasteiger charge is 2.40. The van der Waals surface area contributed by atoms with Gasteiger partial charge in [0.2, 0.25) is 0 Å². The molecule has 1 aromatic carbocycles. The van der Waals surface area contributed by atoms with E-state index in [1.165, 1.54) is 11.1 Å². The van der Waals surface area contributed by atoms with Gasteiger partial charge in [-0.3, -0.25) is 0 Å². The summed E-state index contributed by atoms with van der Waals surface area (Å²) in [5, 5.41) is 0. The van der Waals surface area contributed by atoms with Gasteiger partial charge in [-0.2, -0.15) is 0 Å². The van der Waals surface area contributed by atoms with Gasteiger partial charge < -0.3 is 9.53 Å². The van der Waals surface area contributed by atoms with Crippen LogP contribution in [-0.4, -0.2) is 12.4 Å². The number of hydrogen-bond acceptors (Lipinski definition) is 2. The van der Waals surface area contributed by atoms with Crippen LogP contribution in [0.1, 0.15) is 30.4 Å². The summed E-state index contributed by atoms with van der Waals surface area (Å²) >= 11 is 0. The quantitative estimate of drug-likeness (QED) is 0.688. The van der Waals surface area contributed by atoms with Gasteiger partial charge in [0.1, 0.15) is 18.1 Å². The molecule has 78 valence electrons. The van der Waals surface area contributed by atoms with Crippen molar-refractivity contribution in [1.29, 1.82) is 0 Å². The summed E-state index contributed by atoms with van der Waals surface area (Å²) in [6.45, 7) is 2.09. The highest BCUT2D eigenvalue weighted by Crippen LogP contribution is 2.49. The summed E-state index contributed by atoms with van der Waals surface area (Å²) < 4.78 is 5.71. The van der Waals surface area contributed by atoms with Gasteiger partial charge in [0, 0.05) is 17.9 Å². The molecule has 1 aliphatic heterocycles. The molecule has 2 aliphatic rings. The highest BCUT2D eigenvalue weighted by molar-refractivity contribution is 5.63. The molecule has 2 nitrogen and oxygen atoms in total. The Kier molecular flexibility index (Phi) is 1.84. The van der Waals surface area contributed by atoms with E-state index in [0.717, 1.165) is 24.9 Å². The molecular weight excluding hydrogens is 188 g/mol. The molecule has 1 aromatic rings. The fraction of sp³-hybridized carbons (Fsp3) is 0.462. The Hall–Kier alpha value is -1.31. The first-order valence-corrected chi connectivity index (χ1v) is 5.53. The zero-order chi connectivity index (χ0) is 10.4. The molecule has 0 aromatic heterocycles. The van der Waals surface area contributed by atoms with Crippen LogP contribution in [0.5, 0.6) is 5.75 Å². The van der Waals surface area contributed by atoms with Gasteiger partial charge in [0.25, 0.3) is 0 Å². The van der Waals surface area contributed by atoms with Crippen molar-refractivity contribution in [1.82, 2.24) is 0 Å². The summed E-state index contributed by atoms with van der Waals surface area (Å²) in [4.78, 5) is 10.7. The van der Waals surface area contributed by atoms with Crippen LogP contribution in [0, 0.1) is 5.92 Å². The Morgan fingerprint density at radius 2 is 2.33 bits per heavy atom. The molecule has 0 radical (unpaired) electrons. The molecule has 1 heterocycles.